The number of aliphatic hydroxyl groups is 3. The van der Waals surface area contributed by atoms with Crippen molar-refractivity contribution in [2.24, 2.45) is 29.6 Å². The molecule has 0 saturated heterocycles. The lowest BCUT2D eigenvalue weighted by Crippen LogP contribution is -2.59. The van der Waals surface area contributed by atoms with Crippen molar-refractivity contribution in [2.45, 2.75) is 144 Å². The van der Waals surface area contributed by atoms with E-state index in [1.54, 1.807) is 19.1 Å². The Balaban J connectivity index is 0.955. The first-order valence-electron chi connectivity index (χ1n) is 31.6. The van der Waals surface area contributed by atoms with E-state index in [-0.39, 0.29) is 103 Å². The van der Waals surface area contributed by atoms with Gasteiger partial charge in [0.25, 0.3) is 0 Å². The van der Waals surface area contributed by atoms with Crippen molar-refractivity contribution in [3.63, 3.8) is 0 Å². The van der Waals surface area contributed by atoms with E-state index in [4.69, 9.17) is 23.4 Å². The summed E-state index contributed by atoms with van der Waals surface area (Å²) in [5, 5.41) is 32.7. The fourth-order valence-corrected chi connectivity index (χ4v) is 17.9. The molecule has 8 aliphatic rings. The lowest BCUT2D eigenvalue weighted by atomic mass is 9.56. The van der Waals surface area contributed by atoms with E-state index in [1.165, 1.54) is 52.5 Å². The molecule has 5 bridgehead atoms. The summed E-state index contributed by atoms with van der Waals surface area (Å²) in [6.07, 6.45) is 19.9. The molecule has 5 aliphatic carbocycles. The number of methoxy groups -OCH3 is 1. The molecule has 0 amide bonds. The second kappa shape index (κ2) is 22.9. The summed E-state index contributed by atoms with van der Waals surface area (Å²) in [5.74, 6) is -1.52. The van der Waals surface area contributed by atoms with E-state index in [2.05, 4.69) is 127 Å². The topological polar surface area (TPSA) is 162 Å². The fourth-order valence-electron chi connectivity index (χ4n) is 17.9. The number of benzene rings is 5. The van der Waals surface area contributed by atoms with Crippen molar-refractivity contribution in [1.29, 1.82) is 0 Å². The molecule has 13 unspecified atom stereocenters. The Morgan fingerprint density at radius 2 is 1.63 bits per heavy atom. The van der Waals surface area contributed by atoms with E-state index < -0.39 is 47.9 Å². The summed E-state index contributed by atoms with van der Waals surface area (Å²) in [6.45, 7) is 2.70. The maximum Gasteiger partial charge on any atom is 0.340 e. The highest BCUT2D eigenvalue weighted by atomic mass is 16.6. The summed E-state index contributed by atoms with van der Waals surface area (Å²) in [5.41, 5.74) is 10.5. The van der Waals surface area contributed by atoms with E-state index in [1.807, 2.05) is 6.92 Å². The predicted octanol–water partition coefficient (Wildman–Crippen LogP) is 13.3. The number of fused-ring (bicyclic) bond motifs is 14. The van der Waals surface area contributed by atoms with Crippen molar-refractivity contribution in [3.8, 4) is 5.75 Å². The number of hydrogen-bond acceptors (Lipinski definition) is 11. The molecular weight excluding hydrogens is 1080 g/mol. The average molecular weight is 1160 g/mol. The molecule has 0 spiro atoms. The molecule has 2 fully saturated rings. The van der Waals surface area contributed by atoms with Gasteiger partial charge < -0.3 is 38.7 Å². The standard InChI is InChI=1S/C75H78O11/c1-43(40-77)55-26-21-44-18-19-50-35-48(44)24-29-59-58-28-22-45-11-4-6-16-57(45)61(58)39-64(59)74(2)71(85-72(55)80)70(68-65(86-74)31-30-60-62(41-78)67(73(81)84-69(60)68)51(32-34-76)42-82-3)83-66(79)38-52-36-49(23-27-56(50)52)47-13-10-15-54(37-47)75-33-9-8-14-53(75)25-20-46-12-5-7-17-63(46)75/h4-7,10-13,15-20,22-23,25,27-28,30-31,35,37,49,51-53,56,58-59,61,64,70-71,76-78H,8-9,14,21,24,26,29,32-34,36,38-42H2,1-3H3. The fraction of sp³-hybridized carbons (Fsp3) is 0.427. The maximum atomic E-state index is 15.9. The molecule has 3 N–H and O–H groups in total. The van der Waals surface area contributed by atoms with Gasteiger partial charge in [0.1, 0.15) is 11.3 Å². The molecule has 0 radical (unpaired) electrons. The van der Waals surface area contributed by atoms with Gasteiger partial charge in [-0.3, -0.25) is 4.79 Å². The minimum absolute atomic E-state index is 0.00291. The van der Waals surface area contributed by atoms with Gasteiger partial charge in [-0.05, 0) is 175 Å². The van der Waals surface area contributed by atoms with E-state index in [9.17, 15) is 20.1 Å². The maximum absolute atomic E-state index is 15.9. The Morgan fingerprint density at radius 3 is 2.47 bits per heavy atom. The molecule has 2 saturated carbocycles. The molecule has 13 atom stereocenters. The van der Waals surface area contributed by atoms with Gasteiger partial charge in [0.15, 0.2) is 17.8 Å². The Labute approximate surface area is 503 Å². The first-order valence-corrected chi connectivity index (χ1v) is 31.6. The monoisotopic (exact) mass is 1150 g/mol. The third-order valence-corrected chi connectivity index (χ3v) is 22.0. The van der Waals surface area contributed by atoms with Crippen LogP contribution in [0.1, 0.15) is 175 Å². The normalized spacial score (nSPS) is 30.6. The molecule has 1 aromatic heterocycles. The van der Waals surface area contributed by atoms with E-state index >= 15 is 9.59 Å². The highest BCUT2D eigenvalue weighted by Gasteiger charge is 2.62. The molecule has 86 heavy (non-hydrogen) atoms. The molecular formula is C75H78O11. The zero-order valence-corrected chi connectivity index (χ0v) is 49.6. The van der Waals surface area contributed by atoms with Crippen LogP contribution in [0, 0.1) is 29.6 Å². The van der Waals surface area contributed by atoms with Crippen molar-refractivity contribution in [2.75, 3.05) is 26.9 Å². The minimum atomic E-state index is -1.37. The summed E-state index contributed by atoms with van der Waals surface area (Å²) in [7, 11) is 1.52. The second-order valence-electron chi connectivity index (χ2n) is 26.3. The highest BCUT2D eigenvalue weighted by molar-refractivity contribution is 5.91. The number of esters is 2. The smallest absolute Gasteiger partial charge is 0.340 e. The van der Waals surface area contributed by atoms with E-state index in [0.717, 1.165) is 43.2 Å². The Morgan fingerprint density at radius 1 is 0.791 bits per heavy atom. The van der Waals surface area contributed by atoms with Crippen molar-refractivity contribution in [3.05, 3.63) is 216 Å². The quantitative estimate of drug-likeness (QED) is 0.0547. The minimum Gasteiger partial charge on any atom is -0.483 e. The van der Waals surface area contributed by atoms with Crippen molar-refractivity contribution >= 4 is 35.1 Å². The van der Waals surface area contributed by atoms with Crippen LogP contribution in [-0.4, -0.2) is 65.9 Å². The van der Waals surface area contributed by atoms with Crippen LogP contribution in [0.4, 0.5) is 0 Å². The number of carbonyl (C=O) groups excluding carboxylic acids is 2. The summed E-state index contributed by atoms with van der Waals surface area (Å²) >= 11 is 0. The molecule has 6 aromatic rings. The van der Waals surface area contributed by atoms with Crippen LogP contribution in [0.3, 0.4) is 0 Å². The van der Waals surface area contributed by atoms with E-state index in [0.29, 0.717) is 53.0 Å². The van der Waals surface area contributed by atoms with Crippen molar-refractivity contribution in [1.82, 2.24) is 0 Å². The van der Waals surface area contributed by atoms with Gasteiger partial charge in [-0.15, -0.1) is 0 Å². The van der Waals surface area contributed by atoms with Gasteiger partial charge in [0.2, 0.25) is 0 Å². The zero-order chi connectivity index (χ0) is 59.0. The van der Waals surface area contributed by atoms with Crippen LogP contribution >= 0.6 is 0 Å². The van der Waals surface area contributed by atoms with Crippen LogP contribution in [0.2, 0.25) is 0 Å². The summed E-state index contributed by atoms with van der Waals surface area (Å²) < 4.78 is 33.9. The van der Waals surface area contributed by atoms with Crippen LogP contribution in [-0.2, 0) is 48.7 Å². The van der Waals surface area contributed by atoms with Crippen LogP contribution in [0.25, 0.3) is 23.1 Å². The zero-order valence-electron chi connectivity index (χ0n) is 49.6. The molecule has 3 aliphatic heterocycles. The van der Waals surface area contributed by atoms with Crippen LogP contribution in [0.15, 0.2) is 148 Å². The number of hydrogen-bond donors (Lipinski definition) is 3. The SMILES string of the molecule is COCC(CCO)c1c(CO)c2ccc3c(c2oc1=O)C1OC(=O)CC2CC(c4cccc(C56CCCCC5C=Cc5ccccc56)c4)C=CC2c2ccc4c(c2)CCC2C5C=Cc6ccccc6C5CC2C(C)(O3)C1OC(=O)C(=C(C)CO)CC4. The number of aryl methyl sites for hydroxylation is 2. The second-order valence-corrected chi connectivity index (χ2v) is 26.3. The largest absolute Gasteiger partial charge is 0.483 e. The predicted molar refractivity (Wildman–Crippen MR) is 331 cm³/mol. The molecule has 444 valence electrons. The van der Waals surface area contributed by atoms with Gasteiger partial charge in [-0.1, -0.05) is 140 Å². The Hall–Kier alpha value is -7.15. The molecule has 14 rings (SSSR count). The van der Waals surface area contributed by atoms with Gasteiger partial charge in [0.05, 0.1) is 25.4 Å². The Bertz CT molecular complexity index is 3840. The first-order chi connectivity index (χ1) is 41.9. The molecule has 4 heterocycles. The lowest BCUT2D eigenvalue weighted by molar-refractivity contribution is -0.202. The number of rotatable bonds is 9. The summed E-state index contributed by atoms with van der Waals surface area (Å²) in [4.78, 5) is 46.2. The third-order valence-electron chi connectivity index (χ3n) is 22.0. The van der Waals surface area contributed by atoms with Gasteiger partial charge in [0, 0.05) is 65.7 Å². The van der Waals surface area contributed by atoms with Gasteiger partial charge in [-0.25, -0.2) is 9.59 Å². The van der Waals surface area contributed by atoms with Crippen LogP contribution < -0.4 is 10.4 Å². The average Bonchev–Trinajstić information content (AvgIpc) is 1.23. The van der Waals surface area contributed by atoms with Gasteiger partial charge >= 0.3 is 17.6 Å². The van der Waals surface area contributed by atoms with Crippen molar-refractivity contribution < 1.29 is 48.3 Å². The molecule has 11 nitrogen and oxygen atoms in total. The number of aliphatic hydroxyl groups excluding tert-OH is 3. The number of ether oxygens (including phenoxy) is 4. The first kappa shape index (κ1) is 56.6. The lowest BCUT2D eigenvalue weighted by Gasteiger charge is -2.50. The van der Waals surface area contributed by atoms with Crippen LogP contribution in [0.5, 0.6) is 5.75 Å². The molecule has 11 heteroatoms. The number of allylic oxidation sites excluding steroid dienone is 4. The molecule has 5 aromatic carbocycles. The third kappa shape index (κ3) is 9.40. The van der Waals surface area contributed by atoms with Gasteiger partial charge in [-0.2, -0.15) is 0 Å². The summed E-state index contributed by atoms with van der Waals surface area (Å²) in [6, 6.07) is 37.2. The highest BCUT2D eigenvalue weighted by Crippen LogP contribution is 2.61. The number of carbonyl (C=O) groups is 2. The Kier molecular flexibility index (Phi) is 15.1.